The van der Waals surface area contributed by atoms with E-state index in [4.69, 9.17) is 0 Å². The summed E-state index contributed by atoms with van der Waals surface area (Å²) in [6, 6.07) is 5.37. The smallest absolute Gasteiger partial charge is 0.186 e. The lowest BCUT2D eigenvalue weighted by molar-refractivity contribution is 0.0853. The van der Waals surface area contributed by atoms with Crippen LogP contribution in [0.1, 0.15) is 31.3 Å². The average Bonchev–Trinajstić information content (AvgIpc) is 2.03. The molecule has 0 amide bonds. The summed E-state index contributed by atoms with van der Waals surface area (Å²) in [7, 11) is 0. The fourth-order valence-electron chi connectivity index (χ4n) is 0.881. The van der Waals surface area contributed by atoms with Crippen LogP contribution in [0.4, 0.5) is 0 Å². The number of carbonyl (C=O) groups excluding carboxylic acids is 1. The van der Waals surface area contributed by atoms with Crippen molar-refractivity contribution in [2.45, 2.75) is 20.8 Å². The summed E-state index contributed by atoms with van der Waals surface area (Å²) in [6.45, 7) is 5.68. The predicted octanol–water partition coefficient (Wildman–Crippen LogP) is 2.31. The highest BCUT2D eigenvalue weighted by Gasteiger charge is 2.23. The van der Waals surface area contributed by atoms with Crippen molar-refractivity contribution >= 4 is 5.78 Å². The molecule has 0 spiro atoms. The number of pyridine rings is 1. The van der Waals surface area contributed by atoms with E-state index in [-0.39, 0.29) is 11.2 Å². The topological polar surface area (TPSA) is 30.0 Å². The van der Waals surface area contributed by atoms with Crippen molar-refractivity contribution < 1.29 is 4.79 Å². The van der Waals surface area contributed by atoms with Gasteiger partial charge in [0.05, 0.1) is 0 Å². The van der Waals surface area contributed by atoms with Crippen molar-refractivity contribution in [3.05, 3.63) is 30.1 Å². The summed E-state index contributed by atoms with van der Waals surface area (Å²) in [6.07, 6.45) is 1.64. The van der Waals surface area contributed by atoms with Crippen molar-refractivity contribution in [2.75, 3.05) is 0 Å². The van der Waals surface area contributed by atoms with Crippen LogP contribution in [-0.4, -0.2) is 10.8 Å². The minimum Gasteiger partial charge on any atom is -0.292 e. The van der Waals surface area contributed by atoms with E-state index in [2.05, 4.69) is 4.98 Å². The second-order valence-electron chi connectivity index (χ2n) is 3.79. The molecule has 0 atom stereocenters. The maximum atomic E-state index is 11.6. The lowest BCUT2D eigenvalue weighted by Crippen LogP contribution is -2.21. The zero-order valence-electron chi connectivity index (χ0n) is 7.66. The van der Waals surface area contributed by atoms with Crippen LogP contribution >= 0.6 is 0 Å². The molecule has 0 N–H and O–H groups in total. The fourth-order valence-corrected chi connectivity index (χ4v) is 0.881. The number of hydrogen-bond acceptors (Lipinski definition) is 2. The maximum absolute atomic E-state index is 11.6. The quantitative estimate of drug-likeness (QED) is 0.594. The third-order valence-corrected chi connectivity index (χ3v) is 1.58. The molecule has 1 rings (SSSR count). The first-order chi connectivity index (χ1) is 5.52. The van der Waals surface area contributed by atoms with Gasteiger partial charge in [-0.1, -0.05) is 26.8 Å². The Morgan fingerprint density at radius 1 is 1.33 bits per heavy atom. The highest BCUT2D eigenvalue weighted by molar-refractivity contribution is 5.97. The molecule has 12 heavy (non-hydrogen) atoms. The summed E-state index contributed by atoms with van der Waals surface area (Å²) in [5.41, 5.74) is 0.207. The Labute approximate surface area is 72.6 Å². The van der Waals surface area contributed by atoms with Gasteiger partial charge in [-0.05, 0) is 12.1 Å². The molecule has 2 nitrogen and oxygen atoms in total. The molecule has 1 aromatic heterocycles. The van der Waals surface area contributed by atoms with Gasteiger partial charge in [0.1, 0.15) is 5.69 Å². The summed E-state index contributed by atoms with van der Waals surface area (Å²) >= 11 is 0. The second-order valence-corrected chi connectivity index (χ2v) is 3.79. The Hall–Kier alpha value is -1.18. The van der Waals surface area contributed by atoms with E-state index in [1.807, 2.05) is 26.8 Å². The van der Waals surface area contributed by atoms with Crippen molar-refractivity contribution in [1.29, 1.82) is 0 Å². The SMILES string of the molecule is CC(C)(C)C(=O)c1ccccn1. The van der Waals surface area contributed by atoms with Crippen LogP contribution in [0, 0.1) is 5.41 Å². The number of rotatable bonds is 1. The van der Waals surface area contributed by atoms with Crippen molar-refractivity contribution in [2.24, 2.45) is 5.41 Å². The first-order valence-electron chi connectivity index (χ1n) is 3.97. The van der Waals surface area contributed by atoms with Gasteiger partial charge in [0, 0.05) is 11.6 Å². The molecule has 0 saturated heterocycles. The lowest BCUT2D eigenvalue weighted by atomic mass is 9.89. The summed E-state index contributed by atoms with van der Waals surface area (Å²) in [5.74, 6) is 0.0862. The molecule has 1 aromatic rings. The van der Waals surface area contributed by atoms with Crippen LogP contribution in [0.3, 0.4) is 0 Å². The first kappa shape index (κ1) is 8.91. The van der Waals surface area contributed by atoms with Crippen molar-refractivity contribution in [3.63, 3.8) is 0 Å². The van der Waals surface area contributed by atoms with Gasteiger partial charge < -0.3 is 0 Å². The molecule has 0 aliphatic rings. The van der Waals surface area contributed by atoms with E-state index in [1.54, 1.807) is 18.3 Å². The Bertz CT molecular complexity index is 272. The molecule has 0 radical (unpaired) electrons. The van der Waals surface area contributed by atoms with Crippen LogP contribution in [-0.2, 0) is 0 Å². The van der Waals surface area contributed by atoms with Gasteiger partial charge in [0.2, 0.25) is 0 Å². The van der Waals surface area contributed by atoms with Crippen molar-refractivity contribution in [3.8, 4) is 0 Å². The van der Waals surface area contributed by atoms with E-state index in [9.17, 15) is 4.79 Å². The molecular formula is C10H13NO. The van der Waals surface area contributed by atoms with Crippen LogP contribution in [0.25, 0.3) is 0 Å². The molecule has 0 fully saturated rings. The largest absolute Gasteiger partial charge is 0.292 e. The first-order valence-corrected chi connectivity index (χ1v) is 3.97. The van der Waals surface area contributed by atoms with Gasteiger partial charge in [-0.25, -0.2) is 0 Å². The van der Waals surface area contributed by atoms with E-state index in [0.717, 1.165) is 0 Å². The Morgan fingerprint density at radius 3 is 2.42 bits per heavy atom. The van der Waals surface area contributed by atoms with Gasteiger partial charge in [-0.2, -0.15) is 0 Å². The minimum atomic E-state index is -0.339. The molecule has 0 bridgehead atoms. The van der Waals surface area contributed by atoms with Gasteiger partial charge in [0.25, 0.3) is 0 Å². The number of carbonyl (C=O) groups is 1. The number of hydrogen-bond donors (Lipinski definition) is 0. The number of aromatic nitrogens is 1. The molecule has 0 aliphatic heterocycles. The highest BCUT2D eigenvalue weighted by Crippen LogP contribution is 2.18. The summed E-state index contributed by atoms with van der Waals surface area (Å²) in [4.78, 5) is 15.6. The number of nitrogens with zero attached hydrogens (tertiary/aromatic N) is 1. The minimum absolute atomic E-state index is 0.0862. The number of ketones is 1. The monoisotopic (exact) mass is 163 g/mol. The lowest BCUT2D eigenvalue weighted by Gasteiger charge is -2.15. The zero-order valence-corrected chi connectivity index (χ0v) is 7.66. The predicted molar refractivity (Wildman–Crippen MR) is 48.0 cm³/mol. The van der Waals surface area contributed by atoms with Crippen LogP contribution in [0.5, 0.6) is 0 Å². The normalized spacial score (nSPS) is 11.2. The average molecular weight is 163 g/mol. The highest BCUT2D eigenvalue weighted by atomic mass is 16.1. The molecule has 0 aromatic carbocycles. The van der Waals surface area contributed by atoms with Gasteiger partial charge in [-0.3, -0.25) is 9.78 Å². The van der Waals surface area contributed by atoms with Gasteiger partial charge in [-0.15, -0.1) is 0 Å². The molecule has 64 valence electrons. The third kappa shape index (κ3) is 1.91. The van der Waals surface area contributed by atoms with E-state index in [1.165, 1.54) is 0 Å². The summed E-state index contributed by atoms with van der Waals surface area (Å²) < 4.78 is 0. The Balaban J connectivity index is 2.94. The van der Waals surface area contributed by atoms with E-state index in [0.29, 0.717) is 5.69 Å². The second kappa shape index (κ2) is 3.05. The molecule has 2 heteroatoms. The van der Waals surface area contributed by atoms with Gasteiger partial charge in [0.15, 0.2) is 5.78 Å². The third-order valence-electron chi connectivity index (χ3n) is 1.58. The van der Waals surface area contributed by atoms with Crippen LogP contribution < -0.4 is 0 Å². The molecular weight excluding hydrogens is 150 g/mol. The fraction of sp³-hybridized carbons (Fsp3) is 0.400. The molecule has 0 aliphatic carbocycles. The summed E-state index contributed by atoms with van der Waals surface area (Å²) in [5, 5.41) is 0. The van der Waals surface area contributed by atoms with Crippen LogP contribution in [0.15, 0.2) is 24.4 Å². The Morgan fingerprint density at radius 2 is 2.00 bits per heavy atom. The van der Waals surface area contributed by atoms with Crippen LogP contribution in [0.2, 0.25) is 0 Å². The Kier molecular flexibility index (Phi) is 2.27. The van der Waals surface area contributed by atoms with E-state index < -0.39 is 0 Å². The molecule has 0 saturated carbocycles. The van der Waals surface area contributed by atoms with Gasteiger partial charge >= 0.3 is 0 Å². The number of Topliss-reactive ketones (excluding diaryl/α,β-unsaturated/α-hetero) is 1. The van der Waals surface area contributed by atoms with E-state index >= 15 is 0 Å². The zero-order chi connectivity index (χ0) is 9.19. The molecule has 0 unspecified atom stereocenters. The maximum Gasteiger partial charge on any atom is 0.186 e. The van der Waals surface area contributed by atoms with Crippen molar-refractivity contribution in [1.82, 2.24) is 4.98 Å². The standard InChI is InChI=1S/C10H13NO/c1-10(2,3)9(12)8-6-4-5-7-11-8/h4-7H,1-3H3. The molecule has 1 heterocycles.